The van der Waals surface area contributed by atoms with E-state index < -0.39 is 35.9 Å². The van der Waals surface area contributed by atoms with Gasteiger partial charge in [0.25, 0.3) is 0 Å². The number of hydrogen-bond donors (Lipinski definition) is 4. The van der Waals surface area contributed by atoms with Crippen LogP contribution in [-0.4, -0.2) is 71.0 Å². The van der Waals surface area contributed by atoms with E-state index in [0.717, 1.165) is 24.9 Å². The number of carbonyl (C=O) groups excluding carboxylic acids is 3. The van der Waals surface area contributed by atoms with Crippen molar-refractivity contribution in [2.45, 2.75) is 63.2 Å². The second-order valence-electron chi connectivity index (χ2n) is 8.16. The molecule has 0 spiro atoms. The third-order valence-corrected chi connectivity index (χ3v) is 5.85. The standard InChI is InChI=1S/C22H30N4O5/c1-14(24-20(28)16-9-5-11-23-16)19(27)25-17(13-15-7-3-2-4-8-15)21(29)26-12-6-10-18(26)22(30)31/h2-4,7-8,14,16-18,23H,5-6,9-13H2,1H3,(H,24,28)(H,25,27)(H,30,31). The Morgan fingerprint density at radius 1 is 1.13 bits per heavy atom. The number of carbonyl (C=O) groups is 4. The van der Waals surface area contributed by atoms with Crippen molar-refractivity contribution in [1.29, 1.82) is 0 Å². The van der Waals surface area contributed by atoms with Gasteiger partial charge in [-0.2, -0.15) is 0 Å². The van der Waals surface area contributed by atoms with Crippen molar-refractivity contribution in [1.82, 2.24) is 20.9 Å². The number of aliphatic carboxylic acids is 1. The predicted octanol–water partition coefficient (Wildman–Crippen LogP) is 0.0462. The van der Waals surface area contributed by atoms with Crippen molar-refractivity contribution in [2.24, 2.45) is 0 Å². The van der Waals surface area contributed by atoms with E-state index in [4.69, 9.17) is 0 Å². The summed E-state index contributed by atoms with van der Waals surface area (Å²) in [7, 11) is 0. The average Bonchev–Trinajstić information content (AvgIpc) is 3.45. The molecule has 1 aromatic rings. The van der Waals surface area contributed by atoms with E-state index in [1.165, 1.54) is 4.90 Å². The van der Waals surface area contributed by atoms with Gasteiger partial charge in [-0.3, -0.25) is 14.4 Å². The number of hydrogen-bond acceptors (Lipinski definition) is 5. The van der Waals surface area contributed by atoms with E-state index in [2.05, 4.69) is 16.0 Å². The number of benzene rings is 1. The Morgan fingerprint density at radius 2 is 1.87 bits per heavy atom. The minimum absolute atomic E-state index is 0.235. The highest BCUT2D eigenvalue weighted by molar-refractivity contribution is 5.94. The molecule has 4 atom stereocenters. The van der Waals surface area contributed by atoms with Crippen LogP contribution in [0.4, 0.5) is 0 Å². The van der Waals surface area contributed by atoms with Gasteiger partial charge >= 0.3 is 5.97 Å². The number of nitrogens with zero attached hydrogens (tertiary/aromatic N) is 1. The zero-order chi connectivity index (χ0) is 22.4. The number of rotatable bonds is 8. The van der Waals surface area contributed by atoms with Crippen LogP contribution in [0.1, 0.15) is 38.2 Å². The fourth-order valence-corrected chi connectivity index (χ4v) is 4.12. The van der Waals surface area contributed by atoms with Gasteiger partial charge in [0.15, 0.2) is 0 Å². The van der Waals surface area contributed by atoms with Crippen molar-refractivity contribution in [3.8, 4) is 0 Å². The largest absolute Gasteiger partial charge is 0.480 e. The molecular formula is C22H30N4O5. The van der Waals surface area contributed by atoms with E-state index in [1.54, 1.807) is 6.92 Å². The first-order valence-corrected chi connectivity index (χ1v) is 10.8. The molecule has 0 aromatic heterocycles. The van der Waals surface area contributed by atoms with Gasteiger partial charge in [0.05, 0.1) is 6.04 Å². The molecule has 0 radical (unpaired) electrons. The SMILES string of the molecule is CC(NC(=O)C1CCCN1)C(=O)NC(Cc1ccccc1)C(=O)N1CCCC1C(=O)O. The maximum Gasteiger partial charge on any atom is 0.326 e. The lowest BCUT2D eigenvalue weighted by atomic mass is 10.0. The molecule has 9 nitrogen and oxygen atoms in total. The van der Waals surface area contributed by atoms with E-state index in [1.807, 2.05) is 30.3 Å². The van der Waals surface area contributed by atoms with Crippen molar-refractivity contribution in [3.63, 3.8) is 0 Å². The Bertz CT molecular complexity index is 809. The zero-order valence-corrected chi connectivity index (χ0v) is 17.7. The van der Waals surface area contributed by atoms with Crippen LogP contribution in [0.15, 0.2) is 30.3 Å². The second kappa shape index (κ2) is 10.4. The summed E-state index contributed by atoms with van der Waals surface area (Å²) in [5.41, 5.74) is 0.846. The van der Waals surface area contributed by atoms with Gasteiger partial charge in [-0.05, 0) is 44.7 Å². The van der Waals surface area contributed by atoms with E-state index in [0.29, 0.717) is 19.4 Å². The minimum atomic E-state index is -1.04. The van der Waals surface area contributed by atoms with Crippen molar-refractivity contribution in [3.05, 3.63) is 35.9 Å². The molecule has 1 aromatic carbocycles. The molecule has 2 aliphatic rings. The van der Waals surface area contributed by atoms with Crippen LogP contribution in [0.3, 0.4) is 0 Å². The molecule has 0 bridgehead atoms. The lowest BCUT2D eigenvalue weighted by Gasteiger charge is -2.28. The lowest BCUT2D eigenvalue weighted by Crippen LogP contribution is -2.56. The van der Waals surface area contributed by atoms with Crippen LogP contribution in [-0.2, 0) is 25.6 Å². The number of nitrogens with one attached hydrogen (secondary N) is 3. The van der Waals surface area contributed by atoms with Crippen LogP contribution in [0, 0.1) is 0 Å². The van der Waals surface area contributed by atoms with E-state index in [-0.39, 0.29) is 18.4 Å². The summed E-state index contributed by atoms with van der Waals surface area (Å²) in [5.74, 6) is -2.18. The Hall–Kier alpha value is -2.94. The fraction of sp³-hybridized carbons (Fsp3) is 0.545. The van der Waals surface area contributed by atoms with Crippen LogP contribution in [0.25, 0.3) is 0 Å². The molecule has 2 saturated heterocycles. The summed E-state index contributed by atoms with van der Waals surface area (Å²) in [4.78, 5) is 51.2. The number of likely N-dealkylation sites (tertiary alicyclic amines) is 1. The molecule has 2 fully saturated rings. The van der Waals surface area contributed by atoms with Gasteiger partial charge in [0, 0.05) is 13.0 Å². The van der Waals surface area contributed by atoms with Crippen LogP contribution >= 0.6 is 0 Å². The minimum Gasteiger partial charge on any atom is -0.480 e. The predicted molar refractivity (Wildman–Crippen MR) is 113 cm³/mol. The van der Waals surface area contributed by atoms with Gasteiger partial charge in [-0.25, -0.2) is 4.79 Å². The molecular weight excluding hydrogens is 400 g/mol. The molecule has 31 heavy (non-hydrogen) atoms. The average molecular weight is 431 g/mol. The van der Waals surface area contributed by atoms with Gasteiger partial charge in [0.1, 0.15) is 18.1 Å². The molecule has 0 saturated carbocycles. The molecule has 3 amide bonds. The van der Waals surface area contributed by atoms with Crippen LogP contribution in [0.5, 0.6) is 0 Å². The maximum atomic E-state index is 13.2. The Labute approximate surface area is 181 Å². The first-order chi connectivity index (χ1) is 14.9. The molecule has 4 N–H and O–H groups in total. The monoisotopic (exact) mass is 430 g/mol. The third kappa shape index (κ3) is 5.81. The summed E-state index contributed by atoms with van der Waals surface area (Å²) >= 11 is 0. The third-order valence-electron chi connectivity index (χ3n) is 5.85. The van der Waals surface area contributed by atoms with Gasteiger partial charge in [0.2, 0.25) is 17.7 Å². The Balaban J connectivity index is 1.69. The summed E-state index contributed by atoms with van der Waals surface area (Å²) in [5, 5.41) is 18.0. The van der Waals surface area contributed by atoms with Crippen molar-refractivity contribution >= 4 is 23.7 Å². The van der Waals surface area contributed by atoms with Gasteiger partial charge < -0.3 is 26.0 Å². The van der Waals surface area contributed by atoms with Crippen LogP contribution in [0.2, 0.25) is 0 Å². The van der Waals surface area contributed by atoms with Crippen molar-refractivity contribution in [2.75, 3.05) is 13.1 Å². The smallest absolute Gasteiger partial charge is 0.326 e. The first kappa shape index (κ1) is 22.7. The number of amides is 3. The maximum absolute atomic E-state index is 13.2. The second-order valence-corrected chi connectivity index (χ2v) is 8.16. The van der Waals surface area contributed by atoms with Crippen LogP contribution < -0.4 is 16.0 Å². The molecule has 168 valence electrons. The fourth-order valence-electron chi connectivity index (χ4n) is 4.12. The molecule has 0 aliphatic carbocycles. The molecule has 4 unspecified atom stereocenters. The highest BCUT2D eigenvalue weighted by Crippen LogP contribution is 2.19. The van der Waals surface area contributed by atoms with E-state index >= 15 is 0 Å². The van der Waals surface area contributed by atoms with Gasteiger partial charge in [-0.1, -0.05) is 30.3 Å². The summed E-state index contributed by atoms with van der Waals surface area (Å²) in [6.45, 7) is 2.69. The molecule has 2 aliphatic heterocycles. The number of carboxylic acid groups (broad SMARTS) is 1. The summed E-state index contributed by atoms with van der Waals surface area (Å²) in [6.07, 6.45) is 2.87. The Kier molecular flexibility index (Phi) is 7.62. The normalized spacial score (nSPS) is 22.5. The van der Waals surface area contributed by atoms with Gasteiger partial charge in [-0.15, -0.1) is 0 Å². The highest BCUT2D eigenvalue weighted by atomic mass is 16.4. The first-order valence-electron chi connectivity index (χ1n) is 10.8. The lowest BCUT2D eigenvalue weighted by molar-refractivity contribution is -0.149. The highest BCUT2D eigenvalue weighted by Gasteiger charge is 2.38. The molecule has 9 heteroatoms. The summed E-state index contributed by atoms with van der Waals surface area (Å²) < 4.78 is 0. The Morgan fingerprint density at radius 3 is 2.52 bits per heavy atom. The molecule has 2 heterocycles. The zero-order valence-electron chi connectivity index (χ0n) is 17.7. The number of carboxylic acids is 1. The topological polar surface area (TPSA) is 128 Å². The molecule has 3 rings (SSSR count). The summed E-state index contributed by atoms with van der Waals surface area (Å²) in [6, 6.07) is 6.30. The van der Waals surface area contributed by atoms with Crippen molar-refractivity contribution < 1.29 is 24.3 Å². The van der Waals surface area contributed by atoms with E-state index in [9.17, 15) is 24.3 Å². The quantitative estimate of drug-likeness (QED) is 0.461.